The van der Waals surface area contributed by atoms with Crippen LogP contribution >= 0.6 is 12.2 Å². The van der Waals surface area contributed by atoms with Crippen molar-refractivity contribution in [3.8, 4) is 11.5 Å². The zero-order valence-electron chi connectivity index (χ0n) is 25.0. The molecule has 1 aliphatic heterocycles. The Bertz CT molecular complexity index is 1450. The van der Waals surface area contributed by atoms with Gasteiger partial charge in [-0.3, -0.25) is 10.1 Å². The number of thiocarbonyl (C=S) groups is 1. The Morgan fingerprint density at radius 1 is 1.02 bits per heavy atom. The lowest BCUT2D eigenvalue weighted by Crippen LogP contribution is -2.48. The molecule has 4 rings (SSSR count). The first-order valence-electron chi connectivity index (χ1n) is 14.3. The lowest BCUT2D eigenvalue weighted by molar-refractivity contribution is -0.119. The highest BCUT2D eigenvalue weighted by Gasteiger charge is 2.25. The molecule has 1 saturated heterocycles. The molecule has 1 aromatic heterocycles. The first-order chi connectivity index (χ1) is 21.0. The first kappa shape index (κ1) is 32.7. The van der Waals surface area contributed by atoms with Crippen LogP contribution < -0.4 is 20.7 Å². The maximum absolute atomic E-state index is 14.9. The number of nitrogens with zero attached hydrogens (tertiary/aromatic N) is 4. The molecule has 234 valence electrons. The third-order valence-electron chi connectivity index (χ3n) is 7.20. The van der Waals surface area contributed by atoms with Crippen LogP contribution in [0.2, 0.25) is 0 Å². The summed E-state index contributed by atoms with van der Waals surface area (Å²) in [6, 6.07) is 12.6. The number of likely N-dealkylation sites (N-methyl/N-ethyl adjacent to an activating group) is 1. The number of hydrogen-bond acceptors (Lipinski definition) is 7. The van der Waals surface area contributed by atoms with Gasteiger partial charge in [-0.25, -0.2) is 18.6 Å². The van der Waals surface area contributed by atoms with Crippen molar-refractivity contribution >= 4 is 40.8 Å². The molecule has 0 bridgehead atoms. The molecular formula is C31H37F2N7O3S. The molecule has 2 aromatic carbocycles. The molecule has 2 heterocycles. The summed E-state index contributed by atoms with van der Waals surface area (Å²) in [6.45, 7) is 3.90. The number of ether oxygens (including phenoxy) is 1. The minimum atomic E-state index is -0.672. The summed E-state index contributed by atoms with van der Waals surface area (Å²) in [5, 5.41) is 8.06. The third kappa shape index (κ3) is 9.93. The van der Waals surface area contributed by atoms with Crippen LogP contribution in [-0.4, -0.2) is 90.1 Å². The summed E-state index contributed by atoms with van der Waals surface area (Å²) < 4.78 is 33.7. The maximum atomic E-state index is 14.9. The molecule has 13 heteroatoms. The predicted molar refractivity (Wildman–Crippen MR) is 170 cm³/mol. The molecule has 0 aliphatic carbocycles. The molecule has 0 radical (unpaired) electrons. The molecule has 1 fully saturated rings. The van der Waals surface area contributed by atoms with Crippen molar-refractivity contribution < 1.29 is 23.1 Å². The number of hydrogen-bond donors (Lipinski definition) is 3. The monoisotopic (exact) mass is 625 g/mol. The number of piperidine rings is 1. The Kier molecular flexibility index (Phi) is 11.5. The van der Waals surface area contributed by atoms with Crippen molar-refractivity contribution in [3.63, 3.8) is 0 Å². The van der Waals surface area contributed by atoms with Crippen molar-refractivity contribution in [2.24, 2.45) is 0 Å². The van der Waals surface area contributed by atoms with Gasteiger partial charge in [-0.1, -0.05) is 12.1 Å². The molecule has 3 aromatic rings. The van der Waals surface area contributed by atoms with Crippen molar-refractivity contribution in [2.45, 2.75) is 25.3 Å². The van der Waals surface area contributed by atoms with Crippen LogP contribution in [-0.2, 0) is 11.2 Å². The van der Waals surface area contributed by atoms with Crippen molar-refractivity contribution in [2.75, 3.05) is 58.0 Å². The normalized spacial score (nSPS) is 13.8. The molecule has 1 aliphatic rings. The number of amides is 3. The highest BCUT2D eigenvalue weighted by atomic mass is 32.1. The van der Waals surface area contributed by atoms with Gasteiger partial charge >= 0.3 is 6.03 Å². The van der Waals surface area contributed by atoms with E-state index in [0.717, 1.165) is 39.0 Å². The predicted octanol–water partition coefficient (Wildman–Crippen LogP) is 4.70. The molecule has 0 atom stereocenters. The number of nitrogens with one attached hydrogen (secondary N) is 3. The van der Waals surface area contributed by atoms with E-state index in [1.807, 2.05) is 0 Å². The zero-order chi connectivity index (χ0) is 31.6. The fourth-order valence-electron chi connectivity index (χ4n) is 4.69. The quantitative estimate of drug-likeness (QED) is 0.279. The van der Waals surface area contributed by atoms with Crippen molar-refractivity contribution in [1.29, 1.82) is 0 Å². The van der Waals surface area contributed by atoms with E-state index in [2.05, 4.69) is 44.8 Å². The minimum absolute atomic E-state index is 0.00448. The van der Waals surface area contributed by atoms with Crippen LogP contribution in [0.15, 0.2) is 60.8 Å². The summed E-state index contributed by atoms with van der Waals surface area (Å²) >= 11 is 5.16. The lowest BCUT2D eigenvalue weighted by Gasteiger charge is -2.37. The van der Waals surface area contributed by atoms with Crippen LogP contribution in [0, 0.1) is 11.6 Å². The molecule has 0 saturated carbocycles. The Morgan fingerprint density at radius 2 is 1.75 bits per heavy atom. The number of carbonyl (C=O) groups is 2. The van der Waals surface area contributed by atoms with Gasteiger partial charge in [0.15, 0.2) is 16.7 Å². The van der Waals surface area contributed by atoms with Gasteiger partial charge in [0.05, 0.1) is 6.42 Å². The van der Waals surface area contributed by atoms with Gasteiger partial charge in [0, 0.05) is 63.3 Å². The second-order valence-electron chi connectivity index (χ2n) is 10.8. The standard InChI is InChI=1S/C31H37F2N7O3S/c1-38(2)16-17-40-14-11-24(12-15-40)39(3)31(42)36-28-20-25(10-13-34-28)43-27-9-8-23(19-26(27)33)35-30(44)37-29(41)18-21-4-6-22(32)7-5-21/h4-10,13,19-20,24H,11-12,14-18H2,1-3H3,(H,34,36,42)(H2,35,37,41,44). The molecule has 0 unspecified atom stereocenters. The third-order valence-corrected chi connectivity index (χ3v) is 7.41. The molecular weight excluding hydrogens is 588 g/mol. The summed E-state index contributed by atoms with van der Waals surface area (Å²) in [5.74, 6) is -0.948. The smallest absolute Gasteiger partial charge is 0.323 e. The van der Waals surface area contributed by atoms with Crippen molar-refractivity contribution in [3.05, 3.63) is 78.0 Å². The van der Waals surface area contributed by atoms with E-state index in [-0.39, 0.29) is 40.9 Å². The maximum Gasteiger partial charge on any atom is 0.323 e. The second-order valence-corrected chi connectivity index (χ2v) is 11.3. The second kappa shape index (κ2) is 15.5. The Hall–Kier alpha value is -4.20. The van der Waals surface area contributed by atoms with Crippen LogP contribution in [0.5, 0.6) is 11.5 Å². The number of carbonyl (C=O) groups excluding carboxylic acids is 2. The number of aromatic nitrogens is 1. The van der Waals surface area contributed by atoms with Gasteiger partial charge in [-0.2, -0.15) is 0 Å². The molecule has 10 nitrogen and oxygen atoms in total. The Morgan fingerprint density at radius 3 is 2.43 bits per heavy atom. The largest absolute Gasteiger partial charge is 0.454 e. The summed E-state index contributed by atoms with van der Waals surface area (Å²) in [6.07, 6.45) is 3.26. The Balaban J connectivity index is 1.26. The number of halogens is 2. The SMILES string of the molecule is CN(C)CCN1CCC(N(C)C(=O)Nc2cc(Oc3ccc(NC(=S)NC(=O)Cc4ccc(F)cc4)cc3F)ccn2)CC1. The highest BCUT2D eigenvalue weighted by molar-refractivity contribution is 7.80. The number of likely N-dealkylation sites (tertiary alicyclic amines) is 1. The number of anilines is 2. The zero-order valence-corrected chi connectivity index (χ0v) is 25.8. The van der Waals surface area contributed by atoms with Gasteiger partial charge in [-0.15, -0.1) is 0 Å². The molecule has 3 N–H and O–H groups in total. The molecule has 0 spiro atoms. The van der Waals surface area contributed by atoms with E-state index in [1.54, 1.807) is 24.1 Å². The number of benzene rings is 2. The van der Waals surface area contributed by atoms with Crippen LogP contribution in [0.4, 0.5) is 25.1 Å². The van der Waals surface area contributed by atoms with Gasteiger partial charge in [0.1, 0.15) is 17.4 Å². The van der Waals surface area contributed by atoms with E-state index in [0.29, 0.717) is 11.3 Å². The average Bonchev–Trinajstić information content (AvgIpc) is 2.98. The Labute approximate surface area is 261 Å². The van der Waals surface area contributed by atoms with Crippen LogP contribution in [0.25, 0.3) is 0 Å². The lowest BCUT2D eigenvalue weighted by atomic mass is 10.0. The number of rotatable bonds is 10. The fourth-order valence-corrected chi connectivity index (χ4v) is 4.92. The summed E-state index contributed by atoms with van der Waals surface area (Å²) in [4.78, 5) is 35.6. The summed E-state index contributed by atoms with van der Waals surface area (Å²) in [5.41, 5.74) is 0.924. The van der Waals surface area contributed by atoms with Gasteiger partial charge in [0.25, 0.3) is 0 Å². The topological polar surface area (TPSA) is 102 Å². The average molecular weight is 626 g/mol. The van der Waals surface area contributed by atoms with E-state index in [9.17, 15) is 18.4 Å². The minimum Gasteiger partial charge on any atom is -0.454 e. The van der Waals surface area contributed by atoms with Gasteiger partial charge in [0.2, 0.25) is 5.91 Å². The van der Waals surface area contributed by atoms with Crippen LogP contribution in [0.3, 0.4) is 0 Å². The van der Waals surface area contributed by atoms with Crippen LogP contribution in [0.1, 0.15) is 18.4 Å². The van der Waals surface area contributed by atoms with E-state index in [4.69, 9.17) is 17.0 Å². The number of pyridine rings is 1. The highest BCUT2D eigenvalue weighted by Crippen LogP contribution is 2.28. The molecule has 44 heavy (non-hydrogen) atoms. The van der Waals surface area contributed by atoms with Crippen molar-refractivity contribution in [1.82, 2.24) is 25.0 Å². The van der Waals surface area contributed by atoms with Gasteiger partial charge in [-0.05, 0) is 75.1 Å². The summed E-state index contributed by atoms with van der Waals surface area (Å²) in [7, 11) is 5.90. The van der Waals surface area contributed by atoms with E-state index in [1.165, 1.54) is 48.7 Å². The van der Waals surface area contributed by atoms with E-state index < -0.39 is 17.5 Å². The fraction of sp³-hybridized carbons (Fsp3) is 0.355. The van der Waals surface area contributed by atoms with Gasteiger partial charge < -0.3 is 30.1 Å². The molecule has 3 amide bonds. The number of urea groups is 1. The van der Waals surface area contributed by atoms with E-state index >= 15 is 0 Å². The first-order valence-corrected chi connectivity index (χ1v) is 14.7.